The number of rotatable bonds is 2. The number of hydrogen-bond acceptors (Lipinski definition) is 1. The highest BCUT2D eigenvalue weighted by molar-refractivity contribution is 4.90. The van der Waals surface area contributed by atoms with Crippen LogP contribution in [0.15, 0.2) is 0 Å². The van der Waals surface area contributed by atoms with Gasteiger partial charge in [0, 0.05) is 18.1 Å². The monoisotopic (exact) mass is 195 g/mol. The summed E-state index contributed by atoms with van der Waals surface area (Å²) in [5, 5.41) is 0. The summed E-state index contributed by atoms with van der Waals surface area (Å²) >= 11 is 0. The van der Waals surface area contributed by atoms with E-state index in [0.717, 1.165) is 18.1 Å². The van der Waals surface area contributed by atoms with Crippen molar-refractivity contribution in [3.8, 4) is 0 Å². The first-order valence-electron chi connectivity index (χ1n) is 6.60. The Morgan fingerprint density at radius 3 is 2.50 bits per heavy atom. The van der Waals surface area contributed by atoms with Gasteiger partial charge in [0.1, 0.15) is 0 Å². The molecule has 2 heterocycles. The Morgan fingerprint density at radius 2 is 1.79 bits per heavy atom. The van der Waals surface area contributed by atoms with Crippen LogP contribution in [0, 0.1) is 0 Å². The van der Waals surface area contributed by atoms with Crippen molar-refractivity contribution in [2.24, 2.45) is 0 Å². The normalized spacial score (nSPS) is 39.4. The Labute approximate surface area is 88.9 Å². The third-order valence-electron chi connectivity index (χ3n) is 4.21. The molecule has 0 amide bonds. The van der Waals surface area contributed by atoms with Gasteiger partial charge in [-0.2, -0.15) is 0 Å². The molecule has 0 aromatic heterocycles. The molecule has 2 rings (SSSR count). The highest BCUT2D eigenvalue weighted by atomic mass is 15.2. The maximum absolute atomic E-state index is 2.87. The molecule has 82 valence electrons. The number of nitrogens with zero attached hydrogens (tertiary/aromatic N) is 1. The predicted octanol–water partition coefficient (Wildman–Crippen LogP) is 3.58. The van der Waals surface area contributed by atoms with Crippen LogP contribution in [-0.2, 0) is 0 Å². The molecule has 0 radical (unpaired) electrons. The van der Waals surface area contributed by atoms with Crippen LogP contribution in [0.5, 0.6) is 0 Å². The van der Waals surface area contributed by atoms with Crippen molar-refractivity contribution in [2.75, 3.05) is 0 Å². The van der Waals surface area contributed by atoms with Crippen molar-refractivity contribution in [1.29, 1.82) is 0 Å². The quantitative estimate of drug-likeness (QED) is 0.651. The lowest BCUT2D eigenvalue weighted by Gasteiger charge is -2.49. The highest BCUT2D eigenvalue weighted by Gasteiger charge is 2.35. The zero-order valence-corrected chi connectivity index (χ0v) is 9.84. The van der Waals surface area contributed by atoms with E-state index < -0.39 is 0 Å². The molecular weight excluding hydrogens is 170 g/mol. The van der Waals surface area contributed by atoms with E-state index in [0.29, 0.717) is 0 Å². The average molecular weight is 195 g/mol. The molecule has 2 fully saturated rings. The molecule has 0 N–H and O–H groups in total. The molecule has 0 bridgehead atoms. The van der Waals surface area contributed by atoms with Crippen molar-refractivity contribution < 1.29 is 0 Å². The topological polar surface area (TPSA) is 3.24 Å². The van der Waals surface area contributed by atoms with E-state index in [4.69, 9.17) is 0 Å². The maximum Gasteiger partial charge on any atom is 0.0101 e. The van der Waals surface area contributed by atoms with Gasteiger partial charge in [0.05, 0.1) is 0 Å². The predicted molar refractivity (Wildman–Crippen MR) is 61.5 cm³/mol. The van der Waals surface area contributed by atoms with Gasteiger partial charge < -0.3 is 0 Å². The molecular formula is C13H25N. The van der Waals surface area contributed by atoms with Crippen molar-refractivity contribution in [1.82, 2.24) is 4.90 Å². The average Bonchev–Trinajstić information content (AvgIpc) is 2.19. The van der Waals surface area contributed by atoms with Gasteiger partial charge in [-0.1, -0.05) is 26.2 Å². The second kappa shape index (κ2) is 4.65. The zero-order valence-electron chi connectivity index (χ0n) is 9.84. The van der Waals surface area contributed by atoms with Crippen molar-refractivity contribution in [2.45, 2.75) is 83.3 Å². The smallest absolute Gasteiger partial charge is 0.0101 e. The number of hydrogen-bond donors (Lipinski definition) is 0. The summed E-state index contributed by atoms with van der Waals surface area (Å²) in [4.78, 5) is 2.87. The third kappa shape index (κ3) is 1.98. The highest BCUT2D eigenvalue weighted by Crippen LogP contribution is 2.35. The molecule has 0 saturated carbocycles. The fourth-order valence-electron chi connectivity index (χ4n) is 3.62. The Bertz CT molecular complexity index is 174. The standard InChI is InChI=1S/C13H25N/c1-3-6-12-9-5-10-13-8-4-7-11(2)14(12)13/h11-13H,3-10H2,1-2H3/t11-,12+,13-/m1/s1. The van der Waals surface area contributed by atoms with Gasteiger partial charge in [-0.05, 0) is 39.0 Å². The first-order valence-corrected chi connectivity index (χ1v) is 6.60. The van der Waals surface area contributed by atoms with Gasteiger partial charge in [0.2, 0.25) is 0 Å². The number of piperidine rings is 2. The third-order valence-corrected chi connectivity index (χ3v) is 4.21. The van der Waals surface area contributed by atoms with Crippen molar-refractivity contribution >= 4 is 0 Å². The second-order valence-corrected chi connectivity index (χ2v) is 5.25. The molecule has 0 aromatic carbocycles. The lowest BCUT2D eigenvalue weighted by Crippen LogP contribution is -2.53. The van der Waals surface area contributed by atoms with E-state index >= 15 is 0 Å². The first-order chi connectivity index (χ1) is 6.83. The van der Waals surface area contributed by atoms with Crippen LogP contribution in [0.25, 0.3) is 0 Å². The molecule has 1 heteroatoms. The molecule has 0 unspecified atom stereocenters. The van der Waals surface area contributed by atoms with E-state index in [1.807, 2.05) is 0 Å². The fraction of sp³-hybridized carbons (Fsp3) is 1.00. The van der Waals surface area contributed by atoms with E-state index in [1.165, 1.54) is 51.4 Å². The molecule has 1 nitrogen and oxygen atoms in total. The summed E-state index contributed by atoms with van der Waals surface area (Å²) in [6, 6.07) is 2.74. The molecule has 0 spiro atoms. The summed E-state index contributed by atoms with van der Waals surface area (Å²) in [6.45, 7) is 4.78. The molecule has 2 saturated heterocycles. The van der Waals surface area contributed by atoms with Crippen molar-refractivity contribution in [3.05, 3.63) is 0 Å². The van der Waals surface area contributed by atoms with E-state index in [-0.39, 0.29) is 0 Å². The van der Waals surface area contributed by atoms with Crippen LogP contribution < -0.4 is 0 Å². The summed E-state index contributed by atoms with van der Waals surface area (Å²) in [5.41, 5.74) is 0. The minimum absolute atomic E-state index is 0.866. The summed E-state index contributed by atoms with van der Waals surface area (Å²) in [6.07, 6.45) is 11.6. The molecule has 0 aromatic rings. The summed E-state index contributed by atoms with van der Waals surface area (Å²) < 4.78 is 0. The SMILES string of the molecule is CCC[C@H]1CCC[C@H]2CCC[C@@H](C)N21. The minimum Gasteiger partial charge on any atom is -0.295 e. The van der Waals surface area contributed by atoms with Crippen LogP contribution in [0.4, 0.5) is 0 Å². The van der Waals surface area contributed by atoms with Gasteiger partial charge in [-0.3, -0.25) is 4.90 Å². The van der Waals surface area contributed by atoms with Crippen LogP contribution in [0.3, 0.4) is 0 Å². The second-order valence-electron chi connectivity index (χ2n) is 5.25. The van der Waals surface area contributed by atoms with Crippen molar-refractivity contribution in [3.63, 3.8) is 0 Å². The Kier molecular flexibility index (Phi) is 3.48. The van der Waals surface area contributed by atoms with Gasteiger partial charge in [0.15, 0.2) is 0 Å². The van der Waals surface area contributed by atoms with Crippen LogP contribution in [0.1, 0.15) is 65.2 Å². The minimum atomic E-state index is 0.866. The van der Waals surface area contributed by atoms with Gasteiger partial charge in [-0.25, -0.2) is 0 Å². The lowest BCUT2D eigenvalue weighted by atomic mass is 9.84. The summed E-state index contributed by atoms with van der Waals surface area (Å²) in [5.74, 6) is 0. The lowest BCUT2D eigenvalue weighted by molar-refractivity contribution is 0.00763. The van der Waals surface area contributed by atoms with Crippen LogP contribution in [-0.4, -0.2) is 23.0 Å². The number of fused-ring (bicyclic) bond motifs is 1. The van der Waals surface area contributed by atoms with Crippen LogP contribution in [0.2, 0.25) is 0 Å². The molecule has 2 aliphatic rings. The first kappa shape index (κ1) is 10.5. The largest absolute Gasteiger partial charge is 0.295 e. The Morgan fingerprint density at radius 1 is 1.07 bits per heavy atom. The van der Waals surface area contributed by atoms with E-state index in [9.17, 15) is 0 Å². The molecule has 0 aliphatic carbocycles. The fourth-order valence-corrected chi connectivity index (χ4v) is 3.62. The molecule has 14 heavy (non-hydrogen) atoms. The Hall–Kier alpha value is -0.0400. The molecule has 3 atom stereocenters. The van der Waals surface area contributed by atoms with Crippen LogP contribution >= 0.6 is 0 Å². The van der Waals surface area contributed by atoms with Gasteiger partial charge in [-0.15, -0.1) is 0 Å². The maximum atomic E-state index is 2.87. The van der Waals surface area contributed by atoms with E-state index in [1.54, 1.807) is 0 Å². The van der Waals surface area contributed by atoms with E-state index in [2.05, 4.69) is 18.7 Å². The molecule has 2 aliphatic heterocycles. The van der Waals surface area contributed by atoms with Gasteiger partial charge in [0.25, 0.3) is 0 Å². The van der Waals surface area contributed by atoms with Gasteiger partial charge >= 0.3 is 0 Å². The zero-order chi connectivity index (χ0) is 9.97. The summed E-state index contributed by atoms with van der Waals surface area (Å²) in [7, 11) is 0. The Balaban J connectivity index is 2.02.